The molecule has 26 heavy (non-hydrogen) atoms. The van der Waals surface area contributed by atoms with E-state index in [1.807, 2.05) is 0 Å². The normalized spacial score (nSPS) is 12.0. The van der Waals surface area contributed by atoms with E-state index in [1.54, 1.807) is 12.1 Å². The van der Waals surface area contributed by atoms with Gasteiger partial charge < -0.3 is 5.32 Å². The zero-order chi connectivity index (χ0) is 18.5. The zero-order valence-electron chi connectivity index (χ0n) is 14.7. The summed E-state index contributed by atoms with van der Waals surface area (Å²) in [6.07, 6.45) is 1.63. The van der Waals surface area contributed by atoms with Crippen LogP contribution in [0.4, 0.5) is 4.39 Å². The van der Waals surface area contributed by atoms with Gasteiger partial charge in [0.15, 0.2) is 0 Å². The van der Waals surface area contributed by atoms with Gasteiger partial charge in [0.25, 0.3) is 0 Å². The summed E-state index contributed by atoms with van der Waals surface area (Å²) in [6.45, 7) is 3.61. The van der Waals surface area contributed by atoms with E-state index in [4.69, 9.17) is 0 Å². The van der Waals surface area contributed by atoms with Crippen molar-refractivity contribution in [3.8, 4) is 10.6 Å². The van der Waals surface area contributed by atoms with Gasteiger partial charge in [-0.3, -0.25) is 4.79 Å². The van der Waals surface area contributed by atoms with Crippen LogP contribution in [0.5, 0.6) is 0 Å². The maximum absolute atomic E-state index is 13.1. The number of hydrogen-bond acceptors (Lipinski definition) is 4. The number of carbonyl (C=O) groups excluding carboxylic acids is 1. The Morgan fingerprint density at radius 3 is 2.35 bits per heavy atom. The van der Waals surface area contributed by atoms with Gasteiger partial charge in [-0.25, -0.2) is 4.39 Å². The highest BCUT2D eigenvalue weighted by Gasteiger charge is 2.19. The topological polar surface area (TPSA) is 54.9 Å². The van der Waals surface area contributed by atoms with Crippen LogP contribution in [-0.4, -0.2) is 16.1 Å². The quantitative estimate of drug-likeness (QED) is 0.704. The lowest BCUT2D eigenvalue weighted by molar-refractivity contribution is -0.119. The number of hydrogen-bond donors (Lipinski definition) is 1. The van der Waals surface area contributed by atoms with E-state index in [-0.39, 0.29) is 17.8 Å². The van der Waals surface area contributed by atoms with Crippen molar-refractivity contribution in [1.82, 2.24) is 15.5 Å². The monoisotopic (exact) mass is 369 g/mol. The molecule has 134 valence electrons. The fourth-order valence-electron chi connectivity index (χ4n) is 2.68. The molecule has 2 aromatic carbocycles. The number of rotatable bonds is 6. The molecule has 0 spiro atoms. The van der Waals surface area contributed by atoms with Gasteiger partial charge in [-0.1, -0.05) is 42.5 Å². The Morgan fingerprint density at radius 2 is 1.73 bits per heavy atom. The van der Waals surface area contributed by atoms with Crippen LogP contribution in [0.3, 0.4) is 0 Å². The van der Waals surface area contributed by atoms with Crippen LogP contribution in [0, 0.1) is 5.82 Å². The van der Waals surface area contributed by atoms with E-state index in [0.717, 1.165) is 22.6 Å². The molecule has 4 nitrogen and oxygen atoms in total. The minimum absolute atomic E-state index is 0.112. The molecule has 1 atom stereocenters. The molecule has 0 aliphatic heterocycles. The summed E-state index contributed by atoms with van der Waals surface area (Å²) in [7, 11) is 0. The molecule has 1 N–H and O–H groups in total. The van der Waals surface area contributed by atoms with Gasteiger partial charge in [0, 0.05) is 12.5 Å². The summed E-state index contributed by atoms with van der Waals surface area (Å²) in [6, 6.07) is 14.3. The Labute approximate surface area is 156 Å². The minimum Gasteiger partial charge on any atom is -0.347 e. The van der Waals surface area contributed by atoms with Crippen LogP contribution in [0.1, 0.15) is 36.0 Å². The highest BCUT2D eigenvalue weighted by Crippen LogP contribution is 2.28. The van der Waals surface area contributed by atoms with Crippen LogP contribution >= 0.6 is 11.3 Å². The first-order valence-electron chi connectivity index (χ1n) is 8.49. The molecule has 0 radical (unpaired) electrons. The number of aryl methyl sites for hydroxylation is 1. The number of benzene rings is 2. The molecule has 1 aromatic heterocycles. The lowest BCUT2D eigenvalue weighted by Gasteiger charge is -2.15. The molecule has 0 saturated carbocycles. The van der Waals surface area contributed by atoms with Crippen LogP contribution in [0.25, 0.3) is 10.6 Å². The van der Waals surface area contributed by atoms with Gasteiger partial charge >= 0.3 is 0 Å². The number of amides is 1. The van der Waals surface area contributed by atoms with Crippen molar-refractivity contribution in [2.75, 3.05) is 0 Å². The lowest BCUT2D eigenvalue weighted by Crippen LogP contribution is -2.27. The summed E-state index contributed by atoms with van der Waals surface area (Å²) in [5.41, 5.74) is 3.21. The van der Waals surface area contributed by atoms with Crippen molar-refractivity contribution >= 4 is 17.2 Å². The fourth-order valence-corrected chi connectivity index (χ4v) is 3.58. The first-order valence-corrected chi connectivity index (χ1v) is 9.31. The molecular weight excluding hydrogens is 349 g/mol. The third-order valence-electron chi connectivity index (χ3n) is 4.08. The molecule has 1 amide bonds. The van der Waals surface area contributed by atoms with E-state index < -0.39 is 0 Å². The standard InChI is InChI=1S/C20H20FN3OS/c1-3-14-4-6-15(7-5-14)12-18(22-13(2)25)20-24-23-19(26-20)16-8-10-17(21)11-9-16/h4-11,18H,3,12H2,1-2H3,(H,22,25). The van der Waals surface area contributed by atoms with E-state index in [2.05, 4.69) is 46.7 Å². The van der Waals surface area contributed by atoms with Gasteiger partial charge in [-0.2, -0.15) is 0 Å². The van der Waals surface area contributed by atoms with E-state index in [0.29, 0.717) is 11.4 Å². The first-order chi connectivity index (χ1) is 12.5. The second-order valence-corrected chi connectivity index (χ2v) is 7.09. The summed E-state index contributed by atoms with van der Waals surface area (Å²) in [5, 5.41) is 12.9. The predicted octanol–water partition coefficient (Wildman–Crippen LogP) is 4.33. The van der Waals surface area contributed by atoms with Crippen molar-refractivity contribution in [2.45, 2.75) is 32.7 Å². The molecule has 0 aliphatic rings. The number of halogens is 1. The highest BCUT2D eigenvalue weighted by atomic mass is 32.1. The van der Waals surface area contributed by atoms with Crippen molar-refractivity contribution in [3.05, 3.63) is 70.5 Å². The molecular formula is C20H20FN3OS. The fraction of sp³-hybridized carbons (Fsp3) is 0.250. The van der Waals surface area contributed by atoms with Gasteiger partial charge in [0.05, 0.1) is 6.04 Å². The Kier molecular flexibility index (Phi) is 5.73. The molecule has 6 heteroatoms. The highest BCUT2D eigenvalue weighted by molar-refractivity contribution is 7.14. The van der Waals surface area contributed by atoms with Crippen LogP contribution in [0.2, 0.25) is 0 Å². The summed E-state index contributed by atoms with van der Waals surface area (Å²) >= 11 is 1.41. The molecule has 0 saturated heterocycles. The smallest absolute Gasteiger partial charge is 0.217 e. The molecule has 0 aliphatic carbocycles. The number of nitrogens with zero attached hydrogens (tertiary/aromatic N) is 2. The van der Waals surface area contributed by atoms with Crippen molar-refractivity contribution in [3.63, 3.8) is 0 Å². The second kappa shape index (κ2) is 8.19. The summed E-state index contributed by atoms with van der Waals surface area (Å²) in [4.78, 5) is 11.6. The van der Waals surface area contributed by atoms with Gasteiger partial charge in [-0.15, -0.1) is 10.2 Å². The molecule has 0 bridgehead atoms. The third kappa shape index (κ3) is 4.52. The molecule has 3 aromatic rings. The van der Waals surface area contributed by atoms with E-state index in [1.165, 1.54) is 36.0 Å². The zero-order valence-corrected chi connectivity index (χ0v) is 15.5. The van der Waals surface area contributed by atoms with Crippen LogP contribution in [-0.2, 0) is 17.6 Å². The third-order valence-corrected chi connectivity index (χ3v) is 5.16. The minimum atomic E-state index is -0.287. The Hall–Kier alpha value is -2.60. The van der Waals surface area contributed by atoms with Crippen molar-refractivity contribution in [1.29, 1.82) is 0 Å². The van der Waals surface area contributed by atoms with Crippen LogP contribution < -0.4 is 5.32 Å². The average Bonchev–Trinajstić information content (AvgIpc) is 3.12. The Bertz CT molecular complexity index is 875. The van der Waals surface area contributed by atoms with Gasteiger partial charge in [-0.05, 0) is 48.2 Å². The van der Waals surface area contributed by atoms with Crippen molar-refractivity contribution < 1.29 is 9.18 Å². The number of nitrogens with one attached hydrogen (secondary N) is 1. The predicted molar refractivity (Wildman–Crippen MR) is 101 cm³/mol. The SMILES string of the molecule is CCc1ccc(CC(NC(C)=O)c2nnc(-c3ccc(F)cc3)s2)cc1. The summed E-state index contributed by atoms with van der Waals surface area (Å²) < 4.78 is 13.1. The van der Waals surface area contributed by atoms with Crippen LogP contribution in [0.15, 0.2) is 48.5 Å². The Morgan fingerprint density at radius 1 is 1.08 bits per heavy atom. The average molecular weight is 369 g/mol. The Balaban J connectivity index is 1.83. The number of carbonyl (C=O) groups is 1. The maximum Gasteiger partial charge on any atom is 0.217 e. The first kappa shape index (κ1) is 18.2. The summed E-state index contributed by atoms with van der Waals surface area (Å²) in [5.74, 6) is -0.399. The molecule has 0 fully saturated rings. The van der Waals surface area contributed by atoms with Gasteiger partial charge in [0.2, 0.25) is 5.91 Å². The van der Waals surface area contributed by atoms with E-state index in [9.17, 15) is 9.18 Å². The maximum atomic E-state index is 13.1. The lowest BCUT2D eigenvalue weighted by atomic mass is 10.0. The number of aromatic nitrogens is 2. The largest absolute Gasteiger partial charge is 0.347 e. The van der Waals surface area contributed by atoms with E-state index >= 15 is 0 Å². The second-order valence-electron chi connectivity index (χ2n) is 6.08. The van der Waals surface area contributed by atoms with Crippen molar-refractivity contribution in [2.24, 2.45) is 0 Å². The van der Waals surface area contributed by atoms with Gasteiger partial charge in [0.1, 0.15) is 15.8 Å². The molecule has 3 rings (SSSR count). The molecule has 1 unspecified atom stereocenters. The molecule has 1 heterocycles.